The van der Waals surface area contributed by atoms with Gasteiger partial charge in [-0.3, -0.25) is 0 Å². The largest absolute Gasteiger partial charge is 0.508 e. The molecule has 0 amide bonds. The molecule has 0 unspecified atom stereocenters. The summed E-state index contributed by atoms with van der Waals surface area (Å²) < 4.78 is 14.5. The van der Waals surface area contributed by atoms with Gasteiger partial charge in [0.2, 0.25) is 0 Å². The number of hydrogen-bond acceptors (Lipinski definition) is 5. The van der Waals surface area contributed by atoms with Crippen molar-refractivity contribution in [1.82, 2.24) is 0 Å². The van der Waals surface area contributed by atoms with Crippen molar-refractivity contribution in [2.75, 3.05) is 20.8 Å². The van der Waals surface area contributed by atoms with Gasteiger partial charge < -0.3 is 19.3 Å². The van der Waals surface area contributed by atoms with Crippen LogP contribution in [0.15, 0.2) is 18.2 Å². The molecule has 0 aromatic heterocycles. The second kappa shape index (κ2) is 5.09. The van der Waals surface area contributed by atoms with E-state index in [2.05, 4.69) is 4.74 Å². The lowest BCUT2D eigenvalue weighted by Crippen LogP contribution is -2.12. The van der Waals surface area contributed by atoms with Crippen molar-refractivity contribution in [1.29, 1.82) is 0 Å². The Morgan fingerprint density at radius 3 is 2.67 bits per heavy atom. The van der Waals surface area contributed by atoms with Crippen LogP contribution in [-0.2, 0) is 9.53 Å². The van der Waals surface area contributed by atoms with Crippen molar-refractivity contribution in [3.05, 3.63) is 18.2 Å². The third-order valence-electron chi connectivity index (χ3n) is 1.72. The monoisotopic (exact) mass is 212 g/mol. The maximum absolute atomic E-state index is 10.8. The van der Waals surface area contributed by atoms with E-state index in [1.54, 1.807) is 6.07 Å². The second-order valence-corrected chi connectivity index (χ2v) is 2.70. The highest BCUT2D eigenvalue weighted by Crippen LogP contribution is 2.30. The summed E-state index contributed by atoms with van der Waals surface area (Å²) in [5, 5.41) is 9.20. The molecule has 0 saturated heterocycles. The molecule has 0 fully saturated rings. The number of phenols is 1. The van der Waals surface area contributed by atoms with Gasteiger partial charge in [0.05, 0.1) is 14.2 Å². The molecule has 0 saturated carbocycles. The van der Waals surface area contributed by atoms with Crippen LogP contribution in [0.4, 0.5) is 0 Å². The molecule has 5 heteroatoms. The van der Waals surface area contributed by atoms with Crippen LogP contribution in [0.1, 0.15) is 0 Å². The van der Waals surface area contributed by atoms with Crippen LogP contribution < -0.4 is 9.47 Å². The van der Waals surface area contributed by atoms with Gasteiger partial charge in [0.15, 0.2) is 18.1 Å². The number of carbonyl (C=O) groups excluding carboxylic acids is 1. The van der Waals surface area contributed by atoms with E-state index in [1.165, 1.54) is 26.4 Å². The minimum Gasteiger partial charge on any atom is -0.508 e. The van der Waals surface area contributed by atoms with Gasteiger partial charge in [-0.25, -0.2) is 4.79 Å². The van der Waals surface area contributed by atoms with Crippen molar-refractivity contribution in [3.8, 4) is 17.2 Å². The Bertz CT molecular complexity index is 348. The summed E-state index contributed by atoms with van der Waals surface area (Å²) in [5.74, 6) is 0.274. The number of aromatic hydroxyl groups is 1. The Labute approximate surface area is 87.2 Å². The molecule has 5 nitrogen and oxygen atoms in total. The van der Waals surface area contributed by atoms with Gasteiger partial charge in [-0.05, 0) is 12.1 Å². The molecular formula is C10H12O5. The van der Waals surface area contributed by atoms with Gasteiger partial charge in [-0.2, -0.15) is 0 Å². The van der Waals surface area contributed by atoms with Gasteiger partial charge in [-0.1, -0.05) is 0 Å². The molecule has 1 aromatic carbocycles. The summed E-state index contributed by atoms with van der Waals surface area (Å²) in [6, 6.07) is 4.37. The van der Waals surface area contributed by atoms with E-state index < -0.39 is 5.97 Å². The minimum absolute atomic E-state index is 0.0377. The zero-order valence-electron chi connectivity index (χ0n) is 8.52. The number of hydrogen-bond donors (Lipinski definition) is 1. The molecule has 0 atom stereocenters. The van der Waals surface area contributed by atoms with E-state index in [4.69, 9.17) is 9.47 Å². The van der Waals surface area contributed by atoms with E-state index >= 15 is 0 Å². The number of benzene rings is 1. The van der Waals surface area contributed by atoms with Crippen LogP contribution in [0.5, 0.6) is 17.2 Å². The minimum atomic E-state index is -0.500. The molecule has 82 valence electrons. The number of phenolic OH excluding ortho intramolecular Hbond substituents is 1. The fourth-order valence-electron chi connectivity index (χ4n) is 0.974. The summed E-state index contributed by atoms with van der Waals surface area (Å²) in [6.07, 6.45) is 0. The third kappa shape index (κ3) is 3.05. The van der Waals surface area contributed by atoms with Crippen molar-refractivity contribution in [2.24, 2.45) is 0 Å². The Kier molecular flexibility index (Phi) is 3.79. The second-order valence-electron chi connectivity index (χ2n) is 2.70. The van der Waals surface area contributed by atoms with Crippen LogP contribution in [0, 0.1) is 0 Å². The molecule has 0 radical (unpaired) electrons. The molecule has 1 rings (SSSR count). The van der Waals surface area contributed by atoms with Crippen LogP contribution in [-0.4, -0.2) is 31.9 Å². The first-order valence-corrected chi connectivity index (χ1v) is 4.24. The van der Waals surface area contributed by atoms with Crippen molar-refractivity contribution >= 4 is 5.97 Å². The summed E-state index contributed by atoms with van der Waals surface area (Å²) in [5.41, 5.74) is 0. The lowest BCUT2D eigenvalue weighted by atomic mass is 10.3. The lowest BCUT2D eigenvalue weighted by molar-refractivity contribution is -0.142. The van der Waals surface area contributed by atoms with E-state index in [0.717, 1.165) is 0 Å². The van der Waals surface area contributed by atoms with E-state index in [9.17, 15) is 9.90 Å². The molecule has 1 aromatic rings. The predicted octanol–water partition coefficient (Wildman–Crippen LogP) is 0.953. The number of esters is 1. The van der Waals surface area contributed by atoms with Gasteiger partial charge in [0.25, 0.3) is 0 Å². The fourth-order valence-corrected chi connectivity index (χ4v) is 0.974. The smallest absolute Gasteiger partial charge is 0.343 e. The maximum Gasteiger partial charge on any atom is 0.343 e. The molecule has 0 aliphatic rings. The standard InChI is InChI=1S/C10H12O5/c1-13-8-4-3-7(11)5-9(8)15-6-10(12)14-2/h3-5,11H,6H2,1-2H3. The first-order valence-electron chi connectivity index (χ1n) is 4.24. The molecule has 0 heterocycles. The van der Waals surface area contributed by atoms with Gasteiger partial charge >= 0.3 is 5.97 Å². The number of carbonyl (C=O) groups is 1. The topological polar surface area (TPSA) is 65.0 Å². The molecule has 1 N–H and O–H groups in total. The summed E-state index contributed by atoms with van der Waals surface area (Å²) >= 11 is 0. The normalized spacial score (nSPS) is 9.47. The SMILES string of the molecule is COC(=O)COc1cc(O)ccc1OC. The highest BCUT2D eigenvalue weighted by molar-refractivity contribution is 5.71. The van der Waals surface area contributed by atoms with Gasteiger partial charge in [0, 0.05) is 6.07 Å². The Morgan fingerprint density at radius 1 is 1.33 bits per heavy atom. The molecule has 0 spiro atoms. The van der Waals surface area contributed by atoms with E-state index in [1.807, 2.05) is 0 Å². The highest BCUT2D eigenvalue weighted by atomic mass is 16.6. The molecule has 0 bridgehead atoms. The number of methoxy groups -OCH3 is 2. The van der Waals surface area contributed by atoms with Crippen molar-refractivity contribution < 1.29 is 24.1 Å². The highest BCUT2D eigenvalue weighted by Gasteiger charge is 2.08. The van der Waals surface area contributed by atoms with E-state index in [-0.39, 0.29) is 12.4 Å². The van der Waals surface area contributed by atoms with Crippen LogP contribution >= 0.6 is 0 Å². The average Bonchev–Trinajstić information content (AvgIpc) is 2.26. The quantitative estimate of drug-likeness (QED) is 0.753. The fraction of sp³-hybridized carbons (Fsp3) is 0.300. The van der Waals surface area contributed by atoms with Gasteiger partial charge in [0.1, 0.15) is 5.75 Å². The maximum atomic E-state index is 10.8. The van der Waals surface area contributed by atoms with Crippen LogP contribution in [0.3, 0.4) is 0 Å². The van der Waals surface area contributed by atoms with E-state index in [0.29, 0.717) is 11.5 Å². The number of rotatable bonds is 4. The lowest BCUT2D eigenvalue weighted by Gasteiger charge is -2.09. The number of ether oxygens (including phenoxy) is 3. The Balaban J connectivity index is 2.74. The first kappa shape index (κ1) is 11.2. The van der Waals surface area contributed by atoms with Crippen LogP contribution in [0.25, 0.3) is 0 Å². The van der Waals surface area contributed by atoms with Crippen LogP contribution in [0.2, 0.25) is 0 Å². The van der Waals surface area contributed by atoms with Crippen molar-refractivity contribution in [3.63, 3.8) is 0 Å². The zero-order valence-corrected chi connectivity index (χ0v) is 8.52. The molecule has 0 aliphatic carbocycles. The molecule has 0 aliphatic heterocycles. The molecule has 15 heavy (non-hydrogen) atoms. The third-order valence-corrected chi connectivity index (χ3v) is 1.72. The summed E-state index contributed by atoms with van der Waals surface area (Å²) in [4.78, 5) is 10.8. The molecular weight excluding hydrogens is 200 g/mol. The van der Waals surface area contributed by atoms with Crippen molar-refractivity contribution in [2.45, 2.75) is 0 Å². The zero-order chi connectivity index (χ0) is 11.3. The first-order chi connectivity index (χ1) is 7.17. The summed E-state index contributed by atoms with van der Waals surface area (Å²) in [7, 11) is 2.74. The van der Waals surface area contributed by atoms with Gasteiger partial charge in [-0.15, -0.1) is 0 Å². The summed E-state index contributed by atoms with van der Waals surface area (Å²) in [6.45, 7) is -0.226. The Morgan fingerprint density at radius 2 is 2.07 bits per heavy atom. The Hall–Kier alpha value is -1.91. The predicted molar refractivity (Wildman–Crippen MR) is 52.2 cm³/mol. The average molecular weight is 212 g/mol.